The van der Waals surface area contributed by atoms with Crippen LogP contribution in [0.25, 0.3) is 0 Å². The molecule has 0 saturated carbocycles. The minimum Gasteiger partial charge on any atom is -0.381 e. The number of hydrogen-bond donors (Lipinski definition) is 1. The minimum absolute atomic E-state index is 0.185. The summed E-state index contributed by atoms with van der Waals surface area (Å²) in [7, 11) is 3.86. The normalized spacial score (nSPS) is 10.2. The summed E-state index contributed by atoms with van der Waals surface area (Å²) >= 11 is 0. The fraction of sp³-hybridized carbons (Fsp3) is 0.200. The molecular weight excluding hydrogens is 273 g/mol. The molecule has 0 saturated heterocycles. The predicted molar refractivity (Wildman–Crippen MR) is 81.2 cm³/mol. The summed E-state index contributed by atoms with van der Waals surface area (Å²) in [4.78, 5) is 11.9. The van der Waals surface area contributed by atoms with Crippen LogP contribution in [-0.4, -0.2) is 19.0 Å². The van der Waals surface area contributed by atoms with Crippen LogP contribution in [0.3, 0.4) is 0 Å². The van der Waals surface area contributed by atoms with Gasteiger partial charge in [-0.2, -0.15) is 4.39 Å². The van der Waals surface area contributed by atoms with Gasteiger partial charge in [0.2, 0.25) is 5.82 Å². The molecule has 0 heterocycles. The van der Waals surface area contributed by atoms with Crippen molar-refractivity contribution < 1.29 is 9.31 Å². The number of anilines is 2. The van der Waals surface area contributed by atoms with Gasteiger partial charge in [0.1, 0.15) is 0 Å². The van der Waals surface area contributed by atoms with E-state index >= 15 is 0 Å². The van der Waals surface area contributed by atoms with Crippen molar-refractivity contribution in [2.24, 2.45) is 0 Å². The summed E-state index contributed by atoms with van der Waals surface area (Å²) in [6.07, 6.45) is 0. The molecule has 0 aliphatic heterocycles. The number of halogens is 1. The Morgan fingerprint density at radius 2 is 1.95 bits per heavy atom. The Balaban J connectivity index is 2.15. The highest BCUT2D eigenvalue weighted by Gasteiger charge is 2.16. The highest BCUT2D eigenvalue weighted by atomic mass is 19.1. The van der Waals surface area contributed by atoms with E-state index in [0.717, 1.165) is 17.4 Å². The van der Waals surface area contributed by atoms with Crippen molar-refractivity contribution in [2.45, 2.75) is 6.54 Å². The van der Waals surface area contributed by atoms with Crippen molar-refractivity contribution in [1.82, 2.24) is 0 Å². The summed E-state index contributed by atoms with van der Waals surface area (Å²) in [5.74, 6) is -0.793. The fourth-order valence-electron chi connectivity index (χ4n) is 1.94. The van der Waals surface area contributed by atoms with Crippen molar-refractivity contribution in [3.63, 3.8) is 0 Å². The lowest BCUT2D eigenvalue weighted by Crippen LogP contribution is -2.09. The Bertz CT molecular complexity index is 659. The SMILES string of the molecule is CN(C)c1cccc(NCc2cccc([N+](=O)[O-])c2F)c1. The molecule has 2 aromatic rings. The predicted octanol–water partition coefficient (Wildman–Crippen LogP) is 3.41. The first-order valence-electron chi connectivity index (χ1n) is 6.42. The molecule has 0 aliphatic carbocycles. The van der Waals surface area contributed by atoms with E-state index in [2.05, 4.69) is 5.32 Å². The summed E-state index contributed by atoms with van der Waals surface area (Å²) in [6.45, 7) is 0.185. The van der Waals surface area contributed by atoms with E-state index in [0.29, 0.717) is 0 Å². The van der Waals surface area contributed by atoms with Crippen molar-refractivity contribution >= 4 is 17.1 Å². The second-order valence-electron chi connectivity index (χ2n) is 4.81. The molecule has 0 atom stereocenters. The molecule has 6 heteroatoms. The van der Waals surface area contributed by atoms with Crippen LogP contribution in [0.5, 0.6) is 0 Å². The van der Waals surface area contributed by atoms with Crippen LogP contribution in [0.1, 0.15) is 5.56 Å². The van der Waals surface area contributed by atoms with Crippen LogP contribution >= 0.6 is 0 Å². The van der Waals surface area contributed by atoms with Crippen molar-refractivity contribution in [3.8, 4) is 0 Å². The number of rotatable bonds is 5. The molecule has 2 rings (SSSR count). The Labute approximate surface area is 122 Å². The number of nitro groups is 1. The van der Waals surface area contributed by atoms with Gasteiger partial charge in [0.25, 0.3) is 0 Å². The third-order valence-electron chi connectivity index (χ3n) is 3.10. The third kappa shape index (κ3) is 3.47. The zero-order valence-electron chi connectivity index (χ0n) is 11.8. The minimum atomic E-state index is -0.793. The molecular formula is C15H16FN3O2. The number of hydrogen-bond acceptors (Lipinski definition) is 4. The Morgan fingerprint density at radius 3 is 2.62 bits per heavy atom. The van der Waals surface area contributed by atoms with Gasteiger partial charge in [0.15, 0.2) is 0 Å². The van der Waals surface area contributed by atoms with Crippen LogP contribution in [0, 0.1) is 15.9 Å². The van der Waals surface area contributed by atoms with Gasteiger partial charge in [0, 0.05) is 43.6 Å². The lowest BCUT2D eigenvalue weighted by molar-refractivity contribution is -0.387. The second kappa shape index (κ2) is 6.21. The first-order chi connectivity index (χ1) is 9.99. The average molecular weight is 289 g/mol. The lowest BCUT2D eigenvalue weighted by Gasteiger charge is -2.14. The van der Waals surface area contributed by atoms with Gasteiger partial charge in [-0.1, -0.05) is 18.2 Å². The zero-order valence-corrected chi connectivity index (χ0v) is 11.8. The van der Waals surface area contributed by atoms with Crippen LogP contribution in [-0.2, 0) is 6.54 Å². The van der Waals surface area contributed by atoms with E-state index in [-0.39, 0.29) is 12.1 Å². The van der Waals surface area contributed by atoms with E-state index in [1.807, 2.05) is 43.3 Å². The molecule has 2 aromatic carbocycles. The molecule has 0 aromatic heterocycles. The Morgan fingerprint density at radius 1 is 1.24 bits per heavy atom. The molecule has 0 fully saturated rings. The number of nitrogens with one attached hydrogen (secondary N) is 1. The molecule has 0 bridgehead atoms. The van der Waals surface area contributed by atoms with Gasteiger partial charge in [0.05, 0.1) is 4.92 Å². The van der Waals surface area contributed by atoms with Crippen molar-refractivity contribution in [2.75, 3.05) is 24.3 Å². The van der Waals surface area contributed by atoms with E-state index in [1.165, 1.54) is 12.1 Å². The van der Waals surface area contributed by atoms with Gasteiger partial charge in [-0.15, -0.1) is 0 Å². The smallest absolute Gasteiger partial charge is 0.305 e. The quantitative estimate of drug-likeness (QED) is 0.677. The fourth-order valence-corrected chi connectivity index (χ4v) is 1.94. The first-order valence-corrected chi connectivity index (χ1v) is 6.42. The van der Waals surface area contributed by atoms with Gasteiger partial charge < -0.3 is 10.2 Å². The Kier molecular flexibility index (Phi) is 4.37. The monoisotopic (exact) mass is 289 g/mol. The van der Waals surface area contributed by atoms with Gasteiger partial charge in [-0.05, 0) is 18.2 Å². The summed E-state index contributed by atoms with van der Waals surface area (Å²) in [5, 5.41) is 13.8. The summed E-state index contributed by atoms with van der Waals surface area (Å²) in [5.41, 5.74) is 1.60. The number of nitro benzene ring substituents is 1. The standard InChI is InChI=1S/C15H16FN3O2/c1-18(2)13-7-4-6-12(9-13)17-10-11-5-3-8-14(15(11)16)19(20)21/h3-9,17H,10H2,1-2H3. The maximum absolute atomic E-state index is 13.9. The van der Waals surface area contributed by atoms with Crippen LogP contribution in [0.4, 0.5) is 21.5 Å². The second-order valence-corrected chi connectivity index (χ2v) is 4.81. The molecule has 0 amide bonds. The zero-order chi connectivity index (χ0) is 15.4. The molecule has 0 unspecified atom stereocenters. The van der Waals surface area contributed by atoms with Gasteiger partial charge >= 0.3 is 5.69 Å². The van der Waals surface area contributed by atoms with Crippen molar-refractivity contribution in [3.05, 3.63) is 64.0 Å². The topological polar surface area (TPSA) is 58.4 Å². The molecule has 0 spiro atoms. The molecule has 1 N–H and O–H groups in total. The molecule has 5 nitrogen and oxygen atoms in total. The summed E-state index contributed by atoms with van der Waals surface area (Å²) < 4.78 is 13.9. The van der Waals surface area contributed by atoms with Crippen LogP contribution in [0.2, 0.25) is 0 Å². The van der Waals surface area contributed by atoms with E-state index < -0.39 is 16.4 Å². The highest BCUT2D eigenvalue weighted by Crippen LogP contribution is 2.22. The van der Waals surface area contributed by atoms with E-state index in [1.54, 1.807) is 0 Å². The van der Waals surface area contributed by atoms with Gasteiger partial charge in [-0.3, -0.25) is 10.1 Å². The maximum atomic E-state index is 13.9. The van der Waals surface area contributed by atoms with Crippen LogP contribution in [0.15, 0.2) is 42.5 Å². The highest BCUT2D eigenvalue weighted by molar-refractivity contribution is 5.57. The van der Waals surface area contributed by atoms with Gasteiger partial charge in [-0.25, -0.2) is 0 Å². The molecule has 110 valence electrons. The molecule has 0 aliphatic rings. The van der Waals surface area contributed by atoms with Crippen LogP contribution < -0.4 is 10.2 Å². The first kappa shape index (κ1) is 14.8. The largest absolute Gasteiger partial charge is 0.381 e. The number of benzene rings is 2. The Hall–Kier alpha value is -2.63. The average Bonchev–Trinajstić information content (AvgIpc) is 2.46. The number of nitrogens with zero attached hydrogens (tertiary/aromatic N) is 2. The van der Waals surface area contributed by atoms with E-state index in [4.69, 9.17) is 0 Å². The third-order valence-corrected chi connectivity index (χ3v) is 3.10. The molecule has 0 radical (unpaired) electrons. The van der Waals surface area contributed by atoms with Crippen molar-refractivity contribution in [1.29, 1.82) is 0 Å². The van der Waals surface area contributed by atoms with E-state index in [9.17, 15) is 14.5 Å². The molecule has 21 heavy (non-hydrogen) atoms. The summed E-state index contributed by atoms with van der Waals surface area (Å²) in [6, 6.07) is 11.8. The maximum Gasteiger partial charge on any atom is 0.305 e. The lowest BCUT2D eigenvalue weighted by atomic mass is 10.1.